The van der Waals surface area contributed by atoms with Gasteiger partial charge in [-0.15, -0.1) is 0 Å². The molecule has 5 rings (SSSR count). The zero-order valence-electron chi connectivity index (χ0n) is 17.6. The molecular formula is C25H28N2O3. The summed E-state index contributed by atoms with van der Waals surface area (Å²) in [5.41, 5.74) is 2.45. The standard InChI is InChI=1S/C25H28N2O3/c1-16-24(25(28)26-18-12-19-8-9-20(13-18)27(19)2)22-14-21(10-11-23(22)30-16)29-15-17-6-4-3-5-7-17/h3-7,10-11,14,18-20H,8-9,12-13,15H2,1-2H3,(H,26,28)/t18-,19+,20?/m1/s1. The molecule has 1 N–H and O–H groups in total. The number of piperidine rings is 1. The Labute approximate surface area is 177 Å². The Kier molecular flexibility index (Phi) is 4.99. The van der Waals surface area contributed by atoms with Crippen LogP contribution in [-0.2, 0) is 6.61 Å². The van der Waals surface area contributed by atoms with Gasteiger partial charge in [0.15, 0.2) is 0 Å². The van der Waals surface area contributed by atoms with Crippen LogP contribution in [0.15, 0.2) is 52.9 Å². The molecule has 3 aromatic rings. The number of fused-ring (bicyclic) bond motifs is 3. The van der Waals surface area contributed by atoms with Crippen LogP contribution in [-0.4, -0.2) is 36.0 Å². The van der Waals surface area contributed by atoms with Crippen molar-refractivity contribution in [2.45, 2.75) is 57.3 Å². The molecule has 30 heavy (non-hydrogen) atoms. The summed E-state index contributed by atoms with van der Waals surface area (Å²) in [5.74, 6) is 1.34. The van der Waals surface area contributed by atoms with Gasteiger partial charge in [0.2, 0.25) is 0 Å². The van der Waals surface area contributed by atoms with Gasteiger partial charge in [0.25, 0.3) is 5.91 Å². The van der Waals surface area contributed by atoms with Crippen LogP contribution in [0.5, 0.6) is 5.75 Å². The van der Waals surface area contributed by atoms with Crippen molar-refractivity contribution in [3.8, 4) is 5.75 Å². The van der Waals surface area contributed by atoms with Crippen molar-refractivity contribution < 1.29 is 13.9 Å². The van der Waals surface area contributed by atoms with Gasteiger partial charge in [-0.05, 0) is 63.4 Å². The second-order valence-electron chi connectivity index (χ2n) is 8.66. The lowest BCUT2D eigenvalue weighted by Crippen LogP contribution is -2.48. The molecule has 156 valence electrons. The fourth-order valence-corrected chi connectivity index (χ4v) is 5.10. The number of furan rings is 1. The average molecular weight is 405 g/mol. The molecule has 3 atom stereocenters. The minimum atomic E-state index is -0.0413. The van der Waals surface area contributed by atoms with Gasteiger partial charge < -0.3 is 19.4 Å². The first kappa shape index (κ1) is 19.2. The minimum absolute atomic E-state index is 0.0413. The number of nitrogens with one attached hydrogen (secondary N) is 1. The zero-order chi connectivity index (χ0) is 20.7. The van der Waals surface area contributed by atoms with Crippen LogP contribution < -0.4 is 10.1 Å². The van der Waals surface area contributed by atoms with Gasteiger partial charge in [-0.25, -0.2) is 0 Å². The average Bonchev–Trinajstić information content (AvgIpc) is 3.16. The van der Waals surface area contributed by atoms with E-state index in [4.69, 9.17) is 9.15 Å². The van der Waals surface area contributed by atoms with Crippen LogP contribution in [0, 0.1) is 6.92 Å². The second-order valence-corrected chi connectivity index (χ2v) is 8.66. The third-order valence-electron chi connectivity index (χ3n) is 6.74. The third kappa shape index (κ3) is 3.58. The predicted octanol–water partition coefficient (Wildman–Crippen LogP) is 4.68. The molecule has 1 aromatic heterocycles. The maximum Gasteiger partial charge on any atom is 0.255 e. The molecule has 1 unspecified atom stereocenters. The summed E-state index contributed by atoms with van der Waals surface area (Å²) >= 11 is 0. The van der Waals surface area contributed by atoms with Gasteiger partial charge in [0.05, 0.1) is 5.56 Å². The topological polar surface area (TPSA) is 54.7 Å². The van der Waals surface area contributed by atoms with Gasteiger partial charge >= 0.3 is 0 Å². The number of carbonyl (C=O) groups excluding carboxylic acids is 1. The molecule has 2 fully saturated rings. The molecular weight excluding hydrogens is 376 g/mol. The first-order chi connectivity index (χ1) is 14.6. The van der Waals surface area contributed by atoms with E-state index in [2.05, 4.69) is 17.3 Å². The van der Waals surface area contributed by atoms with Gasteiger partial charge in [-0.3, -0.25) is 4.79 Å². The van der Waals surface area contributed by atoms with E-state index in [0.717, 1.165) is 29.5 Å². The highest BCUT2D eigenvalue weighted by Gasteiger charge is 2.39. The summed E-state index contributed by atoms with van der Waals surface area (Å²) in [6, 6.07) is 17.2. The maximum absolute atomic E-state index is 13.2. The summed E-state index contributed by atoms with van der Waals surface area (Å²) in [6.45, 7) is 2.35. The van der Waals surface area contributed by atoms with E-state index in [1.807, 2.05) is 55.5 Å². The highest BCUT2D eigenvalue weighted by atomic mass is 16.5. The van der Waals surface area contributed by atoms with E-state index >= 15 is 0 Å². The molecule has 0 radical (unpaired) electrons. The van der Waals surface area contributed by atoms with E-state index in [1.54, 1.807) is 0 Å². The normalized spacial score (nSPS) is 23.6. The van der Waals surface area contributed by atoms with Crippen molar-refractivity contribution in [1.29, 1.82) is 0 Å². The lowest BCUT2D eigenvalue weighted by Gasteiger charge is -2.36. The number of benzene rings is 2. The molecule has 1 amide bonds. The molecule has 0 spiro atoms. The molecule has 2 aromatic carbocycles. The van der Waals surface area contributed by atoms with Crippen molar-refractivity contribution in [1.82, 2.24) is 10.2 Å². The van der Waals surface area contributed by atoms with E-state index in [9.17, 15) is 4.79 Å². The second kappa shape index (κ2) is 7.80. The molecule has 2 saturated heterocycles. The number of nitrogens with zero attached hydrogens (tertiary/aromatic N) is 1. The van der Waals surface area contributed by atoms with E-state index < -0.39 is 0 Å². The fraction of sp³-hybridized carbons (Fsp3) is 0.400. The van der Waals surface area contributed by atoms with Crippen LogP contribution in [0.1, 0.15) is 47.4 Å². The first-order valence-corrected chi connectivity index (χ1v) is 10.8. The summed E-state index contributed by atoms with van der Waals surface area (Å²) in [7, 11) is 2.21. The molecule has 2 bridgehead atoms. The number of aryl methyl sites for hydroxylation is 1. The van der Waals surface area contributed by atoms with Crippen LogP contribution in [0.4, 0.5) is 0 Å². The van der Waals surface area contributed by atoms with Crippen LogP contribution in [0.2, 0.25) is 0 Å². The largest absolute Gasteiger partial charge is 0.489 e. The highest BCUT2D eigenvalue weighted by molar-refractivity contribution is 6.07. The lowest BCUT2D eigenvalue weighted by molar-refractivity contribution is 0.0882. The predicted molar refractivity (Wildman–Crippen MR) is 117 cm³/mol. The van der Waals surface area contributed by atoms with Crippen molar-refractivity contribution >= 4 is 16.9 Å². The summed E-state index contributed by atoms with van der Waals surface area (Å²) in [6.07, 6.45) is 4.53. The summed E-state index contributed by atoms with van der Waals surface area (Å²) < 4.78 is 11.8. The lowest BCUT2D eigenvalue weighted by atomic mass is 9.97. The number of rotatable bonds is 5. The minimum Gasteiger partial charge on any atom is -0.489 e. The highest BCUT2D eigenvalue weighted by Crippen LogP contribution is 2.35. The van der Waals surface area contributed by atoms with E-state index in [1.165, 1.54) is 12.8 Å². The number of carbonyl (C=O) groups is 1. The van der Waals surface area contributed by atoms with Crippen LogP contribution in [0.25, 0.3) is 11.0 Å². The number of hydrogen-bond acceptors (Lipinski definition) is 4. The molecule has 5 heteroatoms. The van der Waals surface area contributed by atoms with Crippen molar-refractivity contribution in [3.63, 3.8) is 0 Å². The molecule has 3 heterocycles. The van der Waals surface area contributed by atoms with Crippen LogP contribution >= 0.6 is 0 Å². The number of amides is 1. The van der Waals surface area contributed by atoms with Gasteiger partial charge in [-0.2, -0.15) is 0 Å². The SMILES string of the molecule is Cc1oc2ccc(OCc3ccccc3)cc2c1C(=O)N[C@H]1CC2CC[C@@H](C1)N2C. The Balaban J connectivity index is 1.34. The number of hydrogen-bond donors (Lipinski definition) is 1. The molecule has 2 aliphatic rings. The van der Waals surface area contributed by atoms with Gasteiger partial charge in [0.1, 0.15) is 23.7 Å². The van der Waals surface area contributed by atoms with E-state index in [0.29, 0.717) is 35.6 Å². The Morgan fingerprint density at radius 2 is 1.87 bits per heavy atom. The summed E-state index contributed by atoms with van der Waals surface area (Å²) in [5, 5.41) is 4.10. The molecule has 0 saturated carbocycles. The quantitative estimate of drug-likeness (QED) is 0.671. The first-order valence-electron chi connectivity index (χ1n) is 10.8. The molecule has 0 aliphatic carbocycles. The van der Waals surface area contributed by atoms with Crippen LogP contribution in [0.3, 0.4) is 0 Å². The van der Waals surface area contributed by atoms with E-state index in [-0.39, 0.29) is 11.9 Å². The van der Waals surface area contributed by atoms with Gasteiger partial charge in [0, 0.05) is 23.5 Å². The Bertz CT molecular complexity index is 1040. The Morgan fingerprint density at radius 3 is 2.60 bits per heavy atom. The Morgan fingerprint density at radius 1 is 1.13 bits per heavy atom. The molecule has 5 nitrogen and oxygen atoms in total. The smallest absolute Gasteiger partial charge is 0.255 e. The summed E-state index contributed by atoms with van der Waals surface area (Å²) in [4.78, 5) is 15.7. The van der Waals surface area contributed by atoms with Gasteiger partial charge in [-0.1, -0.05) is 30.3 Å². The Hall–Kier alpha value is -2.79. The van der Waals surface area contributed by atoms with Crippen molar-refractivity contribution in [3.05, 3.63) is 65.4 Å². The van der Waals surface area contributed by atoms with Crippen molar-refractivity contribution in [2.75, 3.05) is 7.05 Å². The maximum atomic E-state index is 13.2. The zero-order valence-corrected chi connectivity index (χ0v) is 17.6. The molecule has 2 aliphatic heterocycles. The third-order valence-corrected chi connectivity index (χ3v) is 6.74. The monoisotopic (exact) mass is 404 g/mol. The van der Waals surface area contributed by atoms with Crippen molar-refractivity contribution in [2.24, 2.45) is 0 Å². The fourth-order valence-electron chi connectivity index (χ4n) is 5.10. The number of ether oxygens (including phenoxy) is 1.